The zero-order valence-corrected chi connectivity index (χ0v) is 16.8. The van der Waals surface area contributed by atoms with Crippen LogP contribution in [0.2, 0.25) is 0 Å². The minimum atomic E-state index is -0.293. The first kappa shape index (κ1) is 20.3. The van der Waals surface area contributed by atoms with Crippen molar-refractivity contribution < 1.29 is 14.3 Å². The van der Waals surface area contributed by atoms with Crippen molar-refractivity contribution in [2.75, 3.05) is 19.8 Å². The molecule has 1 saturated heterocycles. The first-order valence-electron chi connectivity index (χ1n) is 10.2. The lowest BCUT2D eigenvalue weighted by molar-refractivity contribution is -0.165. The van der Waals surface area contributed by atoms with Gasteiger partial charge in [-0.1, -0.05) is 58.6 Å². The molecular formula is C21H37NO3. The molecule has 0 spiro atoms. The van der Waals surface area contributed by atoms with Crippen LogP contribution in [0.25, 0.3) is 0 Å². The van der Waals surface area contributed by atoms with Crippen LogP contribution in [-0.4, -0.2) is 32.0 Å². The van der Waals surface area contributed by atoms with Gasteiger partial charge < -0.3 is 14.8 Å². The molecule has 2 aliphatic rings. The Labute approximate surface area is 153 Å². The van der Waals surface area contributed by atoms with E-state index in [1.165, 1.54) is 18.4 Å². The van der Waals surface area contributed by atoms with Crippen molar-refractivity contribution in [3.05, 3.63) is 11.6 Å². The predicted octanol–water partition coefficient (Wildman–Crippen LogP) is 4.94. The molecule has 25 heavy (non-hydrogen) atoms. The molecule has 144 valence electrons. The second-order valence-electron chi connectivity index (χ2n) is 8.10. The summed E-state index contributed by atoms with van der Waals surface area (Å²) >= 11 is 0. The molecule has 1 aliphatic heterocycles. The maximum atomic E-state index is 12.0. The summed E-state index contributed by atoms with van der Waals surface area (Å²) < 4.78 is 12.0. The van der Waals surface area contributed by atoms with Crippen molar-refractivity contribution >= 4 is 6.09 Å². The van der Waals surface area contributed by atoms with Crippen LogP contribution in [0.5, 0.6) is 0 Å². The summed E-state index contributed by atoms with van der Waals surface area (Å²) in [6.07, 6.45) is 8.00. The Hall–Kier alpha value is -1.03. The van der Waals surface area contributed by atoms with Gasteiger partial charge in [0.2, 0.25) is 0 Å². The van der Waals surface area contributed by atoms with Gasteiger partial charge in [-0.15, -0.1) is 0 Å². The quantitative estimate of drug-likeness (QED) is 0.498. The van der Waals surface area contributed by atoms with Crippen LogP contribution in [0.1, 0.15) is 66.7 Å². The molecule has 0 aromatic rings. The predicted molar refractivity (Wildman–Crippen MR) is 102 cm³/mol. The van der Waals surface area contributed by atoms with Gasteiger partial charge >= 0.3 is 6.09 Å². The number of rotatable bonds is 8. The lowest BCUT2D eigenvalue weighted by atomic mass is 9.56. The van der Waals surface area contributed by atoms with Gasteiger partial charge in [0.1, 0.15) is 6.61 Å². The molecule has 1 N–H and O–H groups in total. The van der Waals surface area contributed by atoms with Gasteiger partial charge in [-0.2, -0.15) is 0 Å². The first-order chi connectivity index (χ1) is 12.0. The fourth-order valence-corrected chi connectivity index (χ4v) is 4.67. The summed E-state index contributed by atoms with van der Waals surface area (Å²) in [5.41, 5.74) is 1.35. The summed E-state index contributed by atoms with van der Waals surface area (Å²) in [7, 11) is 0. The second-order valence-corrected chi connectivity index (χ2v) is 8.10. The van der Waals surface area contributed by atoms with E-state index in [9.17, 15) is 4.79 Å². The Kier molecular flexibility index (Phi) is 7.36. The highest BCUT2D eigenvalue weighted by atomic mass is 16.6. The third-order valence-electron chi connectivity index (χ3n) is 6.47. The number of nitrogens with one attached hydrogen (secondary N) is 1. The van der Waals surface area contributed by atoms with E-state index in [4.69, 9.17) is 9.47 Å². The molecule has 4 nitrogen and oxygen atoms in total. The molecule has 1 aliphatic carbocycles. The zero-order chi connectivity index (χ0) is 18.4. The van der Waals surface area contributed by atoms with Gasteiger partial charge in [0.05, 0.1) is 12.7 Å². The van der Waals surface area contributed by atoms with E-state index >= 15 is 0 Å². The van der Waals surface area contributed by atoms with Crippen molar-refractivity contribution in [3.8, 4) is 0 Å². The smallest absolute Gasteiger partial charge is 0.407 e. The maximum absolute atomic E-state index is 12.0. The van der Waals surface area contributed by atoms with Crippen LogP contribution in [-0.2, 0) is 9.47 Å². The number of hydrogen-bond acceptors (Lipinski definition) is 3. The SMILES string of the molecule is CCCCNC(=O)OC[C@]12CO[C@H](CCCC)[C@H](C(C)=C[C@@H]1C)[C@H]2C. The monoisotopic (exact) mass is 351 g/mol. The average Bonchev–Trinajstić information content (AvgIpc) is 2.58. The number of allylic oxidation sites excluding steroid dienone is 1. The molecule has 2 bridgehead atoms. The summed E-state index contributed by atoms with van der Waals surface area (Å²) in [6, 6.07) is 0. The highest BCUT2D eigenvalue weighted by molar-refractivity contribution is 5.67. The van der Waals surface area contributed by atoms with Crippen molar-refractivity contribution in [3.63, 3.8) is 0 Å². The van der Waals surface area contributed by atoms with E-state index in [0.717, 1.165) is 19.3 Å². The van der Waals surface area contributed by atoms with E-state index in [-0.39, 0.29) is 11.5 Å². The van der Waals surface area contributed by atoms with E-state index in [0.29, 0.717) is 43.6 Å². The van der Waals surface area contributed by atoms with Gasteiger partial charge in [0, 0.05) is 17.9 Å². The Morgan fingerprint density at radius 3 is 2.72 bits per heavy atom. The lowest BCUT2D eigenvalue weighted by Crippen LogP contribution is -2.57. The number of ether oxygens (including phenoxy) is 2. The molecule has 1 amide bonds. The molecule has 2 rings (SSSR count). The number of alkyl carbamates (subject to hydrolysis) is 1. The molecule has 1 heterocycles. The summed E-state index contributed by atoms with van der Waals surface area (Å²) in [6.45, 7) is 13.0. The minimum absolute atomic E-state index is 0.102. The van der Waals surface area contributed by atoms with E-state index in [2.05, 4.69) is 46.0 Å². The van der Waals surface area contributed by atoms with Crippen molar-refractivity contribution in [2.45, 2.75) is 72.8 Å². The van der Waals surface area contributed by atoms with Gasteiger partial charge in [-0.05, 0) is 31.6 Å². The van der Waals surface area contributed by atoms with Crippen LogP contribution in [0.3, 0.4) is 0 Å². The fourth-order valence-electron chi connectivity index (χ4n) is 4.67. The highest BCUT2D eigenvalue weighted by Crippen LogP contribution is 2.53. The van der Waals surface area contributed by atoms with Gasteiger partial charge in [-0.25, -0.2) is 4.79 Å². The van der Waals surface area contributed by atoms with E-state index in [1.807, 2.05) is 0 Å². The third-order valence-corrected chi connectivity index (χ3v) is 6.47. The largest absolute Gasteiger partial charge is 0.449 e. The maximum Gasteiger partial charge on any atom is 0.407 e. The number of amides is 1. The molecule has 4 heteroatoms. The topological polar surface area (TPSA) is 47.6 Å². The van der Waals surface area contributed by atoms with Crippen LogP contribution in [0.15, 0.2) is 11.6 Å². The molecule has 1 fully saturated rings. The number of carbonyl (C=O) groups excluding carboxylic acids is 1. The van der Waals surface area contributed by atoms with Crippen molar-refractivity contribution in [1.82, 2.24) is 5.32 Å². The van der Waals surface area contributed by atoms with Crippen LogP contribution < -0.4 is 5.32 Å². The zero-order valence-electron chi connectivity index (χ0n) is 16.8. The van der Waals surface area contributed by atoms with Crippen LogP contribution in [0, 0.1) is 23.2 Å². The van der Waals surface area contributed by atoms with E-state index < -0.39 is 0 Å². The lowest BCUT2D eigenvalue weighted by Gasteiger charge is -2.55. The Balaban J connectivity index is 2.05. The summed E-state index contributed by atoms with van der Waals surface area (Å²) in [4.78, 5) is 12.0. The summed E-state index contributed by atoms with van der Waals surface area (Å²) in [5, 5.41) is 2.85. The normalized spacial score (nSPS) is 34.4. The Morgan fingerprint density at radius 1 is 1.32 bits per heavy atom. The van der Waals surface area contributed by atoms with Crippen LogP contribution in [0.4, 0.5) is 4.79 Å². The number of hydrogen-bond donors (Lipinski definition) is 1. The second kappa shape index (κ2) is 9.07. The number of carbonyl (C=O) groups is 1. The van der Waals surface area contributed by atoms with Gasteiger partial charge in [-0.3, -0.25) is 0 Å². The standard InChI is InChI=1S/C21H37NO3/c1-6-8-10-18-19-15(3)12-16(4)21(13-24-18,17(19)5)14-25-20(23)22-11-9-7-2/h12,16-19H,6-11,13-14H2,1-5H3,(H,22,23)/t16-,17+,18+,19+,21+/m0/s1. The molecule has 0 aromatic carbocycles. The number of fused-ring (bicyclic) bond motifs is 2. The fraction of sp³-hybridized carbons (Fsp3) is 0.857. The summed E-state index contributed by atoms with van der Waals surface area (Å²) in [5.74, 6) is 1.27. The Bertz CT molecular complexity index is 476. The average molecular weight is 352 g/mol. The third kappa shape index (κ3) is 4.39. The number of unbranched alkanes of at least 4 members (excludes halogenated alkanes) is 2. The minimum Gasteiger partial charge on any atom is -0.449 e. The van der Waals surface area contributed by atoms with Crippen LogP contribution >= 0.6 is 0 Å². The molecular weight excluding hydrogens is 314 g/mol. The molecule has 5 atom stereocenters. The molecule has 0 radical (unpaired) electrons. The molecule has 0 aromatic heterocycles. The molecule has 0 unspecified atom stereocenters. The molecule has 0 saturated carbocycles. The Morgan fingerprint density at radius 2 is 2.04 bits per heavy atom. The van der Waals surface area contributed by atoms with Gasteiger partial charge in [0.15, 0.2) is 0 Å². The van der Waals surface area contributed by atoms with Gasteiger partial charge in [0.25, 0.3) is 0 Å². The highest BCUT2D eigenvalue weighted by Gasteiger charge is 2.53. The van der Waals surface area contributed by atoms with Crippen molar-refractivity contribution in [2.24, 2.45) is 23.2 Å². The van der Waals surface area contributed by atoms with E-state index in [1.54, 1.807) is 0 Å². The first-order valence-corrected chi connectivity index (χ1v) is 10.2. The van der Waals surface area contributed by atoms with Crippen molar-refractivity contribution in [1.29, 1.82) is 0 Å².